The molecule has 1 aliphatic heterocycles. The van der Waals surface area contributed by atoms with Gasteiger partial charge in [-0.05, 0) is 49.1 Å². The Morgan fingerprint density at radius 2 is 1.96 bits per heavy atom. The Morgan fingerprint density at radius 3 is 2.62 bits per heavy atom. The van der Waals surface area contributed by atoms with Crippen LogP contribution in [0.25, 0.3) is 11.1 Å². The van der Waals surface area contributed by atoms with Gasteiger partial charge in [-0.25, -0.2) is 18.0 Å². The minimum absolute atomic E-state index is 0.305. The quantitative estimate of drug-likeness (QED) is 0.859. The van der Waals surface area contributed by atoms with Crippen LogP contribution in [0.15, 0.2) is 36.7 Å². The van der Waals surface area contributed by atoms with Crippen molar-refractivity contribution in [2.45, 2.75) is 26.2 Å². The van der Waals surface area contributed by atoms with Crippen LogP contribution in [0.4, 0.5) is 23.7 Å². The van der Waals surface area contributed by atoms with Gasteiger partial charge in [0, 0.05) is 36.5 Å². The number of benzene rings is 1. The van der Waals surface area contributed by atoms with Gasteiger partial charge in [0.05, 0.1) is 6.20 Å². The number of anilines is 1. The molecule has 0 atom stereocenters. The van der Waals surface area contributed by atoms with Crippen LogP contribution in [-0.2, 0) is 0 Å². The molecule has 2 amide bonds. The lowest BCUT2D eigenvalue weighted by atomic mass is 9.98. The Hall–Kier alpha value is -2.57. The SMILES string of the molecule is Cc1ccc(NC(=O)N2CCC(C(F)F)CC2)cc1-c1cncc(F)c1. The highest BCUT2D eigenvalue weighted by molar-refractivity contribution is 5.90. The average molecular weight is 363 g/mol. The van der Waals surface area contributed by atoms with Crippen LogP contribution < -0.4 is 5.32 Å². The van der Waals surface area contributed by atoms with Gasteiger partial charge in [0.15, 0.2) is 0 Å². The van der Waals surface area contributed by atoms with Crippen molar-refractivity contribution < 1.29 is 18.0 Å². The van der Waals surface area contributed by atoms with E-state index < -0.39 is 18.2 Å². The van der Waals surface area contributed by atoms with Gasteiger partial charge in [-0.3, -0.25) is 4.98 Å². The number of hydrogen-bond acceptors (Lipinski definition) is 2. The molecular weight excluding hydrogens is 343 g/mol. The first kappa shape index (κ1) is 18.2. The van der Waals surface area contributed by atoms with E-state index >= 15 is 0 Å². The van der Waals surface area contributed by atoms with E-state index in [4.69, 9.17) is 0 Å². The van der Waals surface area contributed by atoms with Gasteiger partial charge in [-0.1, -0.05) is 6.07 Å². The third kappa shape index (κ3) is 4.15. The van der Waals surface area contributed by atoms with Crippen molar-refractivity contribution in [3.63, 3.8) is 0 Å². The van der Waals surface area contributed by atoms with E-state index in [1.165, 1.54) is 6.07 Å². The van der Waals surface area contributed by atoms with Crippen molar-refractivity contribution in [3.8, 4) is 11.1 Å². The molecule has 1 aliphatic rings. The van der Waals surface area contributed by atoms with Crippen LogP contribution in [-0.4, -0.2) is 35.4 Å². The number of hydrogen-bond donors (Lipinski definition) is 1. The second-order valence-electron chi connectivity index (χ2n) is 6.51. The normalized spacial score (nSPS) is 15.3. The summed E-state index contributed by atoms with van der Waals surface area (Å²) in [6.07, 6.45) is 0.970. The fourth-order valence-corrected chi connectivity index (χ4v) is 3.13. The zero-order valence-corrected chi connectivity index (χ0v) is 14.4. The van der Waals surface area contributed by atoms with Crippen LogP contribution in [0.2, 0.25) is 0 Å². The number of likely N-dealkylation sites (tertiary alicyclic amines) is 1. The number of piperidine rings is 1. The van der Waals surface area contributed by atoms with Crippen molar-refractivity contribution in [2.75, 3.05) is 18.4 Å². The Morgan fingerprint density at radius 1 is 1.23 bits per heavy atom. The molecule has 7 heteroatoms. The summed E-state index contributed by atoms with van der Waals surface area (Å²) in [7, 11) is 0. The van der Waals surface area contributed by atoms with Crippen molar-refractivity contribution >= 4 is 11.7 Å². The number of urea groups is 1. The molecule has 1 N–H and O–H groups in total. The van der Waals surface area contributed by atoms with Gasteiger partial charge < -0.3 is 10.2 Å². The largest absolute Gasteiger partial charge is 0.325 e. The number of nitrogens with one attached hydrogen (secondary N) is 1. The van der Waals surface area contributed by atoms with Crippen LogP contribution in [0, 0.1) is 18.7 Å². The molecule has 3 rings (SSSR count). The number of amides is 2. The number of alkyl halides is 2. The van der Waals surface area contributed by atoms with Crippen LogP contribution >= 0.6 is 0 Å². The molecule has 0 bridgehead atoms. The molecule has 138 valence electrons. The molecule has 1 fully saturated rings. The molecule has 0 saturated carbocycles. The molecule has 26 heavy (non-hydrogen) atoms. The van der Waals surface area contributed by atoms with Gasteiger partial charge >= 0.3 is 6.03 Å². The maximum absolute atomic E-state index is 13.4. The summed E-state index contributed by atoms with van der Waals surface area (Å²) in [5.41, 5.74) is 2.88. The zero-order valence-electron chi connectivity index (χ0n) is 14.4. The lowest BCUT2D eigenvalue weighted by molar-refractivity contribution is 0.0433. The topological polar surface area (TPSA) is 45.2 Å². The number of aryl methyl sites for hydroxylation is 1. The van der Waals surface area contributed by atoms with Crippen molar-refractivity contribution in [2.24, 2.45) is 5.92 Å². The third-order valence-electron chi connectivity index (χ3n) is 4.69. The Balaban J connectivity index is 1.71. The summed E-state index contributed by atoms with van der Waals surface area (Å²) in [4.78, 5) is 17.8. The minimum atomic E-state index is -2.33. The monoisotopic (exact) mass is 363 g/mol. The first-order valence-electron chi connectivity index (χ1n) is 8.49. The number of halogens is 3. The summed E-state index contributed by atoms with van der Waals surface area (Å²) >= 11 is 0. The van der Waals surface area contributed by atoms with Crippen LogP contribution in [0.5, 0.6) is 0 Å². The lowest BCUT2D eigenvalue weighted by Gasteiger charge is -2.31. The van der Waals surface area contributed by atoms with E-state index in [0.717, 1.165) is 17.3 Å². The highest BCUT2D eigenvalue weighted by atomic mass is 19.3. The Labute approximate surface area is 150 Å². The highest BCUT2D eigenvalue weighted by Crippen LogP contribution is 2.28. The number of rotatable bonds is 3. The number of nitrogens with zero attached hydrogens (tertiary/aromatic N) is 2. The molecule has 2 aromatic rings. The van der Waals surface area contributed by atoms with Gasteiger partial charge in [0.1, 0.15) is 5.82 Å². The fourth-order valence-electron chi connectivity index (χ4n) is 3.13. The summed E-state index contributed by atoms with van der Waals surface area (Å²) in [5.74, 6) is -1.07. The summed E-state index contributed by atoms with van der Waals surface area (Å²) in [5, 5.41) is 2.79. The average Bonchev–Trinajstić information content (AvgIpc) is 2.63. The van der Waals surface area contributed by atoms with E-state index in [2.05, 4.69) is 10.3 Å². The van der Waals surface area contributed by atoms with E-state index in [-0.39, 0.29) is 6.03 Å². The van der Waals surface area contributed by atoms with Crippen LogP contribution in [0.3, 0.4) is 0 Å². The van der Waals surface area contributed by atoms with Gasteiger partial charge in [-0.15, -0.1) is 0 Å². The summed E-state index contributed by atoms with van der Waals surface area (Å²) < 4.78 is 38.9. The van der Waals surface area contributed by atoms with E-state index in [1.54, 1.807) is 23.2 Å². The molecule has 1 aromatic carbocycles. The molecule has 0 aliphatic carbocycles. The molecule has 1 aromatic heterocycles. The number of carbonyl (C=O) groups excluding carboxylic acids is 1. The Kier molecular flexibility index (Phi) is 5.44. The van der Waals surface area contributed by atoms with E-state index in [9.17, 15) is 18.0 Å². The molecule has 0 unspecified atom stereocenters. The predicted octanol–water partition coefficient (Wildman–Crippen LogP) is 4.71. The Bertz CT molecular complexity index is 789. The van der Waals surface area contributed by atoms with Crippen molar-refractivity contribution in [3.05, 3.63) is 48.0 Å². The predicted molar refractivity (Wildman–Crippen MR) is 93.7 cm³/mol. The molecule has 2 heterocycles. The maximum atomic E-state index is 13.4. The van der Waals surface area contributed by atoms with Crippen LogP contribution in [0.1, 0.15) is 18.4 Å². The molecule has 4 nitrogen and oxygen atoms in total. The summed E-state index contributed by atoms with van der Waals surface area (Å²) in [6, 6.07) is 6.42. The van der Waals surface area contributed by atoms with E-state index in [1.807, 2.05) is 13.0 Å². The lowest BCUT2D eigenvalue weighted by Crippen LogP contribution is -2.42. The first-order valence-corrected chi connectivity index (χ1v) is 8.49. The maximum Gasteiger partial charge on any atom is 0.321 e. The molecule has 0 radical (unpaired) electrons. The first-order chi connectivity index (χ1) is 12.4. The standard InChI is InChI=1S/C19H20F3N3O/c1-12-2-3-16(9-17(12)14-8-15(20)11-23-10-14)24-19(26)25-6-4-13(5-7-25)18(21)22/h2-3,8-11,13,18H,4-7H2,1H3,(H,24,26). The van der Waals surface area contributed by atoms with Crippen molar-refractivity contribution in [1.82, 2.24) is 9.88 Å². The number of aromatic nitrogens is 1. The fraction of sp³-hybridized carbons (Fsp3) is 0.368. The zero-order chi connectivity index (χ0) is 18.7. The molecular formula is C19H20F3N3O. The number of pyridine rings is 1. The van der Waals surface area contributed by atoms with Gasteiger partial charge in [-0.2, -0.15) is 0 Å². The number of carbonyl (C=O) groups is 1. The van der Waals surface area contributed by atoms with Gasteiger partial charge in [0.25, 0.3) is 0 Å². The molecule has 0 spiro atoms. The smallest absolute Gasteiger partial charge is 0.321 e. The minimum Gasteiger partial charge on any atom is -0.325 e. The summed E-state index contributed by atoms with van der Waals surface area (Å²) in [6.45, 7) is 2.52. The van der Waals surface area contributed by atoms with E-state index in [0.29, 0.717) is 37.2 Å². The highest BCUT2D eigenvalue weighted by Gasteiger charge is 2.28. The van der Waals surface area contributed by atoms with Crippen molar-refractivity contribution in [1.29, 1.82) is 0 Å². The second kappa shape index (κ2) is 7.76. The van der Waals surface area contributed by atoms with Gasteiger partial charge in [0.2, 0.25) is 6.43 Å². The molecule has 1 saturated heterocycles. The third-order valence-corrected chi connectivity index (χ3v) is 4.69. The second-order valence-corrected chi connectivity index (χ2v) is 6.51.